The molecule has 2 heterocycles. The van der Waals surface area contributed by atoms with Crippen molar-refractivity contribution < 1.29 is 9.53 Å². The number of carbonyl (C=O) groups excluding carboxylic acids is 1. The Morgan fingerprint density at radius 1 is 1.26 bits per heavy atom. The number of benzene rings is 1. The molecular formula is C16H21N5O2. The molecule has 0 aliphatic carbocycles. The fourth-order valence-corrected chi connectivity index (χ4v) is 2.72. The Hall–Kier alpha value is -2.41. The molecule has 2 N–H and O–H groups in total. The second-order valence-electron chi connectivity index (χ2n) is 5.91. The summed E-state index contributed by atoms with van der Waals surface area (Å²) in [5.41, 5.74) is 1.65. The summed E-state index contributed by atoms with van der Waals surface area (Å²) in [5, 5.41) is 9.86. The zero-order valence-corrected chi connectivity index (χ0v) is 13.5. The smallest absolute Gasteiger partial charge is 0.322 e. The van der Waals surface area contributed by atoms with Gasteiger partial charge in [-0.15, -0.1) is 0 Å². The van der Waals surface area contributed by atoms with Crippen molar-refractivity contribution in [2.75, 3.05) is 18.4 Å². The summed E-state index contributed by atoms with van der Waals surface area (Å²) in [7, 11) is 0. The number of aromatic amines is 1. The largest absolute Gasteiger partial charge is 0.372 e. The minimum atomic E-state index is -0.103. The minimum absolute atomic E-state index is 0.0563. The number of aryl methyl sites for hydroxylation is 1. The van der Waals surface area contributed by atoms with Gasteiger partial charge in [0.05, 0.1) is 12.2 Å². The second kappa shape index (κ2) is 6.37. The van der Waals surface area contributed by atoms with Crippen molar-refractivity contribution in [3.05, 3.63) is 30.1 Å². The van der Waals surface area contributed by atoms with Crippen molar-refractivity contribution in [2.45, 2.75) is 33.0 Å². The third-order valence-electron chi connectivity index (χ3n) is 3.70. The van der Waals surface area contributed by atoms with E-state index in [0.29, 0.717) is 18.9 Å². The normalized spacial score (nSPS) is 21.3. The number of rotatable bonds is 2. The number of urea groups is 1. The first-order valence-corrected chi connectivity index (χ1v) is 7.72. The maximum atomic E-state index is 12.3. The van der Waals surface area contributed by atoms with Gasteiger partial charge in [-0.3, -0.25) is 5.10 Å². The first-order valence-electron chi connectivity index (χ1n) is 7.72. The molecule has 1 saturated heterocycles. The molecule has 0 bridgehead atoms. The van der Waals surface area contributed by atoms with Crippen LogP contribution in [0.2, 0.25) is 0 Å². The molecule has 122 valence electrons. The second-order valence-corrected chi connectivity index (χ2v) is 5.91. The lowest BCUT2D eigenvalue weighted by Crippen LogP contribution is -2.49. The minimum Gasteiger partial charge on any atom is -0.372 e. The van der Waals surface area contributed by atoms with E-state index in [4.69, 9.17) is 4.74 Å². The van der Waals surface area contributed by atoms with Crippen molar-refractivity contribution >= 4 is 11.7 Å². The molecule has 0 spiro atoms. The molecule has 7 nitrogen and oxygen atoms in total. The number of H-pyrrole nitrogens is 1. The Morgan fingerprint density at radius 2 is 1.91 bits per heavy atom. The Kier molecular flexibility index (Phi) is 4.29. The van der Waals surface area contributed by atoms with E-state index in [1.54, 1.807) is 4.90 Å². The molecule has 23 heavy (non-hydrogen) atoms. The van der Waals surface area contributed by atoms with Crippen LogP contribution in [0.15, 0.2) is 24.3 Å². The first kappa shape index (κ1) is 15.5. The predicted molar refractivity (Wildman–Crippen MR) is 87.2 cm³/mol. The zero-order valence-electron chi connectivity index (χ0n) is 13.5. The van der Waals surface area contributed by atoms with Crippen LogP contribution in [0.3, 0.4) is 0 Å². The molecule has 2 atom stereocenters. The maximum absolute atomic E-state index is 12.3. The average molecular weight is 315 g/mol. The molecule has 1 fully saturated rings. The van der Waals surface area contributed by atoms with Crippen LogP contribution < -0.4 is 5.32 Å². The van der Waals surface area contributed by atoms with Gasteiger partial charge in [-0.25, -0.2) is 9.78 Å². The summed E-state index contributed by atoms with van der Waals surface area (Å²) in [5.74, 6) is 1.42. The molecule has 0 radical (unpaired) electrons. The summed E-state index contributed by atoms with van der Waals surface area (Å²) in [6.45, 7) is 7.01. The molecule has 1 aromatic heterocycles. The molecule has 7 heteroatoms. The fraction of sp³-hybridized carbons (Fsp3) is 0.438. The van der Waals surface area contributed by atoms with E-state index < -0.39 is 0 Å². The molecule has 1 aromatic carbocycles. The highest BCUT2D eigenvalue weighted by Gasteiger charge is 2.25. The van der Waals surface area contributed by atoms with Gasteiger partial charge in [-0.05, 0) is 45.0 Å². The standard InChI is InChI=1S/C16H21N5O2/c1-10-8-21(9-11(2)23-10)16(22)18-14-6-4-13(5-7-14)15-17-12(3)19-20-15/h4-7,10-11H,8-9H2,1-3H3,(H,18,22)(H,17,19,20)/t10-,11-/m0/s1. The molecule has 1 aliphatic rings. The SMILES string of the molecule is Cc1nc(-c2ccc(NC(=O)N3C[C@H](C)O[C@@H](C)C3)cc2)n[nH]1. The van der Waals surface area contributed by atoms with E-state index in [0.717, 1.165) is 17.1 Å². The summed E-state index contributed by atoms with van der Waals surface area (Å²) in [6.07, 6.45) is 0.113. The van der Waals surface area contributed by atoms with Crippen LogP contribution in [-0.4, -0.2) is 51.4 Å². The van der Waals surface area contributed by atoms with Crippen LogP contribution in [-0.2, 0) is 4.74 Å². The number of morpholine rings is 1. The molecule has 2 amide bonds. The van der Waals surface area contributed by atoms with E-state index >= 15 is 0 Å². The molecule has 0 unspecified atom stereocenters. The summed E-state index contributed by atoms with van der Waals surface area (Å²) in [4.78, 5) is 18.4. The highest BCUT2D eigenvalue weighted by Crippen LogP contribution is 2.19. The third-order valence-corrected chi connectivity index (χ3v) is 3.70. The number of nitrogens with one attached hydrogen (secondary N) is 2. The number of anilines is 1. The summed E-state index contributed by atoms with van der Waals surface area (Å²) in [6, 6.07) is 7.39. The summed E-state index contributed by atoms with van der Waals surface area (Å²) < 4.78 is 5.64. The van der Waals surface area contributed by atoms with Gasteiger partial charge in [-0.1, -0.05) is 0 Å². The van der Waals surface area contributed by atoms with E-state index in [2.05, 4.69) is 20.5 Å². The Bertz CT molecular complexity index is 672. The van der Waals surface area contributed by atoms with E-state index in [-0.39, 0.29) is 18.2 Å². The van der Waals surface area contributed by atoms with Crippen molar-refractivity contribution in [3.63, 3.8) is 0 Å². The molecule has 1 aliphatic heterocycles. The topological polar surface area (TPSA) is 83.1 Å². The van der Waals surface area contributed by atoms with Crippen molar-refractivity contribution in [3.8, 4) is 11.4 Å². The highest BCUT2D eigenvalue weighted by molar-refractivity contribution is 5.89. The van der Waals surface area contributed by atoms with Gasteiger partial charge < -0.3 is 15.0 Å². The van der Waals surface area contributed by atoms with Crippen LogP contribution in [0.25, 0.3) is 11.4 Å². The van der Waals surface area contributed by atoms with Crippen LogP contribution in [0.4, 0.5) is 10.5 Å². The van der Waals surface area contributed by atoms with Gasteiger partial charge in [0.2, 0.25) is 0 Å². The van der Waals surface area contributed by atoms with E-state index in [1.165, 1.54) is 0 Å². The Balaban J connectivity index is 1.65. The predicted octanol–water partition coefficient (Wildman–Crippen LogP) is 2.42. The zero-order chi connectivity index (χ0) is 16.4. The van der Waals surface area contributed by atoms with Crippen LogP contribution in [0, 0.1) is 6.92 Å². The maximum Gasteiger partial charge on any atom is 0.322 e. The molecule has 3 rings (SSSR count). The number of hydrogen-bond acceptors (Lipinski definition) is 4. The van der Waals surface area contributed by atoms with Crippen LogP contribution >= 0.6 is 0 Å². The lowest BCUT2D eigenvalue weighted by molar-refractivity contribution is -0.0530. The number of ether oxygens (including phenoxy) is 1. The van der Waals surface area contributed by atoms with Gasteiger partial charge in [0.25, 0.3) is 0 Å². The van der Waals surface area contributed by atoms with E-state index in [9.17, 15) is 4.79 Å². The van der Waals surface area contributed by atoms with E-state index in [1.807, 2.05) is 45.0 Å². The highest BCUT2D eigenvalue weighted by atomic mass is 16.5. The monoisotopic (exact) mass is 315 g/mol. The summed E-state index contributed by atoms with van der Waals surface area (Å²) >= 11 is 0. The number of carbonyl (C=O) groups is 1. The number of aromatic nitrogens is 3. The van der Waals surface area contributed by atoms with Gasteiger partial charge in [0.15, 0.2) is 5.82 Å². The van der Waals surface area contributed by atoms with Crippen LogP contribution in [0.5, 0.6) is 0 Å². The average Bonchev–Trinajstić information content (AvgIpc) is 2.93. The van der Waals surface area contributed by atoms with Crippen molar-refractivity contribution in [2.24, 2.45) is 0 Å². The Morgan fingerprint density at radius 3 is 2.48 bits per heavy atom. The first-order chi connectivity index (χ1) is 11.0. The van der Waals surface area contributed by atoms with Crippen LogP contribution in [0.1, 0.15) is 19.7 Å². The lowest BCUT2D eigenvalue weighted by atomic mass is 10.2. The van der Waals surface area contributed by atoms with Gasteiger partial charge in [0, 0.05) is 24.3 Å². The quantitative estimate of drug-likeness (QED) is 0.891. The lowest BCUT2D eigenvalue weighted by Gasteiger charge is -2.35. The number of amides is 2. The molecule has 0 saturated carbocycles. The van der Waals surface area contributed by atoms with Gasteiger partial charge in [-0.2, -0.15) is 5.10 Å². The molecular weight excluding hydrogens is 294 g/mol. The van der Waals surface area contributed by atoms with Crippen molar-refractivity contribution in [1.29, 1.82) is 0 Å². The number of hydrogen-bond donors (Lipinski definition) is 2. The Labute approximate surface area is 135 Å². The van der Waals surface area contributed by atoms with Gasteiger partial charge in [0.1, 0.15) is 5.82 Å². The number of nitrogens with zero attached hydrogens (tertiary/aromatic N) is 3. The third kappa shape index (κ3) is 3.68. The van der Waals surface area contributed by atoms with Gasteiger partial charge >= 0.3 is 6.03 Å². The van der Waals surface area contributed by atoms with Crippen molar-refractivity contribution in [1.82, 2.24) is 20.1 Å². The molecule has 2 aromatic rings. The fourth-order valence-electron chi connectivity index (χ4n) is 2.72.